The highest BCUT2D eigenvalue weighted by Gasteiger charge is 2.26. The number of piperazine rings is 1. The van der Waals surface area contributed by atoms with E-state index in [0.29, 0.717) is 31.3 Å². The summed E-state index contributed by atoms with van der Waals surface area (Å²) in [5, 5.41) is 5.87. The first-order valence-electron chi connectivity index (χ1n) is 9.64. The molecule has 0 atom stereocenters. The third-order valence-corrected chi connectivity index (χ3v) is 5.05. The number of benzene rings is 1. The second-order valence-electron chi connectivity index (χ2n) is 8.05. The molecule has 1 aliphatic heterocycles. The Bertz CT molecular complexity index is 1030. The molecule has 1 saturated heterocycles. The topological polar surface area (TPSA) is 63.5 Å². The molecule has 8 heteroatoms. The summed E-state index contributed by atoms with van der Waals surface area (Å²) in [6.45, 7) is 8.20. The van der Waals surface area contributed by atoms with Crippen LogP contribution in [0.1, 0.15) is 20.8 Å². The lowest BCUT2D eigenvalue weighted by atomic mass is 10.2. The van der Waals surface area contributed by atoms with E-state index in [2.05, 4.69) is 15.0 Å². The van der Waals surface area contributed by atoms with Crippen molar-refractivity contribution in [1.82, 2.24) is 19.7 Å². The van der Waals surface area contributed by atoms with Crippen LogP contribution in [0, 0.1) is 0 Å². The molecular formula is C21H24ClN5O2. The smallest absolute Gasteiger partial charge is 0.410 e. The van der Waals surface area contributed by atoms with E-state index in [9.17, 15) is 4.79 Å². The number of fused-ring (bicyclic) bond motifs is 1. The van der Waals surface area contributed by atoms with Crippen LogP contribution >= 0.6 is 11.6 Å². The molecule has 0 unspecified atom stereocenters. The Morgan fingerprint density at radius 2 is 1.83 bits per heavy atom. The molecule has 1 amide bonds. The largest absolute Gasteiger partial charge is 0.444 e. The van der Waals surface area contributed by atoms with Crippen molar-refractivity contribution in [1.29, 1.82) is 0 Å². The predicted molar refractivity (Wildman–Crippen MR) is 114 cm³/mol. The van der Waals surface area contributed by atoms with E-state index in [-0.39, 0.29) is 6.09 Å². The van der Waals surface area contributed by atoms with E-state index in [0.717, 1.165) is 22.4 Å². The van der Waals surface area contributed by atoms with Crippen molar-refractivity contribution < 1.29 is 9.53 Å². The van der Waals surface area contributed by atoms with E-state index in [1.807, 2.05) is 61.9 Å². The maximum Gasteiger partial charge on any atom is 0.410 e. The summed E-state index contributed by atoms with van der Waals surface area (Å²) in [5.74, 6) is 0.849. The number of rotatable bonds is 2. The number of halogens is 1. The van der Waals surface area contributed by atoms with Crippen LogP contribution in [0.5, 0.6) is 0 Å². The third kappa shape index (κ3) is 4.15. The number of carbonyl (C=O) groups is 1. The predicted octanol–water partition coefficient (Wildman–Crippen LogP) is 4.13. The maximum atomic E-state index is 12.3. The Hall–Kier alpha value is -2.80. The van der Waals surface area contributed by atoms with Gasteiger partial charge in [-0.25, -0.2) is 14.5 Å². The molecule has 0 saturated carbocycles. The lowest BCUT2D eigenvalue weighted by Gasteiger charge is -2.36. The number of ether oxygens (including phenoxy) is 1. The Balaban J connectivity index is 1.51. The first kappa shape index (κ1) is 19.5. The van der Waals surface area contributed by atoms with Crippen LogP contribution in [0.25, 0.3) is 16.6 Å². The molecule has 4 rings (SSSR count). The number of aromatic nitrogens is 3. The first-order chi connectivity index (χ1) is 13.8. The number of amides is 1. The van der Waals surface area contributed by atoms with Crippen molar-refractivity contribution in [2.75, 3.05) is 31.1 Å². The lowest BCUT2D eigenvalue weighted by molar-refractivity contribution is 0.0240. The lowest BCUT2D eigenvalue weighted by Crippen LogP contribution is -2.50. The summed E-state index contributed by atoms with van der Waals surface area (Å²) in [4.78, 5) is 20.7. The average molecular weight is 414 g/mol. The zero-order chi connectivity index (χ0) is 20.6. The van der Waals surface area contributed by atoms with Gasteiger partial charge in [-0.3, -0.25) is 0 Å². The fourth-order valence-electron chi connectivity index (χ4n) is 3.38. The van der Waals surface area contributed by atoms with Crippen molar-refractivity contribution in [3.05, 3.63) is 47.7 Å². The molecule has 2 aromatic heterocycles. The molecule has 1 aromatic carbocycles. The molecule has 0 bridgehead atoms. The van der Waals surface area contributed by atoms with Gasteiger partial charge in [-0.1, -0.05) is 23.7 Å². The fraction of sp³-hybridized carbons (Fsp3) is 0.381. The summed E-state index contributed by atoms with van der Waals surface area (Å²) < 4.78 is 7.30. The summed E-state index contributed by atoms with van der Waals surface area (Å²) in [6, 6.07) is 11.8. The molecule has 29 heavy (non-hydrogen) atoms. The van der Waals surface area contributed by atoms with Gasteiger partial charge in [0.25, 0.3) is 0 Å². The second-order valence-corrected chi connectivity index (χ2v) is 8.40. The average Bonchev–Trinajstić information content (AvgIpc) is 3.04. The quantitative estimate of drug-likeness (QED) is 0.632. The summed E-state index contributed by atoms with van der Waals surface area (Å²) in [5.41, 5.74) is 1.36. The molecule has 0 N–H and O–H groups in total. The minimum absolute atomic E-state index is 0.267. The van der Waals surface area contributed by atoms with Gasteiger partial charge in [0.05, 0.1) is 11.2 Å². The summed E-state index contributed by atoms with van der Waals surface area (Å²) in [6.07, 6.45) is 1.51. The number of nitrogens with zero attached hydrogens (tertiary/aromatic N) is 5. The van der Waals surface area contributed by atoms with E-state index < -0.39 is 5.60 Å². The number of hydrogen-bond acceptors (Lipinski definition) is 5. The number of para-hydroxylation sites is 1. The molecule has 7 nitrogen and oxygen atoms in total. The number of carbonyl (C=O) groups excluding carboxylic acids is 1. The summed E-state index contributed by atoms with van der Waals surface area (Å²) >= 11 is 6.30. The van der Waals surface area contributed by atoms with Crippen molar-refractivity contribution in [2.24, 2.45) is 0 Å². The van der Waals surface area contributed by atoms with Gasteiger partial charge in [-0.15, -0.1) is 0 Å². The Labute approximate surface area is 174 Å². The van der Waals surface area contributed by atoms with Crippen LogP contribution in [0.4, 0.5) is 10.6 Å². The standard InChI is InChI=1S/C21H24ClN5O2/c1-21(2,3)29-20(28)26-12-10-25(11-13-26)18-14-15(8-9-23-18)27-17-7-5-4-6-16(17)19(22)24-27/h4-9,14H,10-13H2,1-3H3. The van der Waals surface area contributed by atoms with Crippen LogP contribution < -0.4 is 4.90 Å². The number of hydrogen-bond donors (Lipinski definition) is 0. The van der Waals surface area contributed by atoms with Crippen LogP contribution in [0.2, 0.25) is 5.15 Å². The fourth-order valence-corrected chi connectivity index (χ4v) is 3.62. The van der Waals surface area contributed by atoms with Crippen molar-refractivity contribution in [3.8, 4) is 5.69 Å². The van der Waals surface area contributed by atoms with Crippen LogP contribution in [-0.4, -0.2) is 57.5 Å². The third-order valence-electron chi connectivity index (χ3n) is 4.77. The number of pyridine rings is 1. The minimum atomic E-state index is -0.488. The van der Waals surface area contributed by atoms with E-state index in [1.54, 1.807) is 11.1 Å². The molecule has 1 fully saturated rings. The highest BCUT2D eigenvalue weighted by atomic mass is 35.5. The van der Waals surface area contributed by atoms with Crippen LogP contribution in [0.3, 0.4) is 0 Å². The molecule has 0 aliphatic carbocycles. The first-order valence-corrected chi connectivity index (χ1v) is 10.0. The number of anilines is 1. The highest BCUT2D eigenvalue weighted by Crippen LogP contribution is 2.26. The van der Waals surface area contributed by atoms with E-state index in [1.165, 1.54) is 0 Å². The Kier molecular flexibility index (Phi) is 5.08. The summed E-state index contributed by atoms with van der Waals surface area (Å²) in [7, 11) is 0. The van der Waals surface area contributed by atoms with Crippen molar-refractivity contribution in [3.63, 3.8) is 0 Å². The van der Waals surface area contributed by atoms with Crippen molar-refractivity contribution >= 4 is 34.4 Å². The van der Waals surface area contributed by atoms with Gasteiger partial charge in [0, 0.05) is 43.8 Å². The molecular weight excluding hydrogens is 390 g/mol. The SMILES string of the molecule is CC(C)(C)OC(=O)N1CCN(c2cc(-n3nc(Cl)c4ccccc43)ccn2)CC1. The Morgan fingerprint density at radius 1 is 1.10 bits per heavy atom. The van der Waals surface area contributed by atoms with E-state index >= 15 is 0 Å². The minimum Gasteiger partial charge on any atom is -0.444 e. The zero-order valence-corrected chi connectivity index (χ0v) is 17.6. The second kappa shape index (κ2) is 7.55. The van der Waals surface area contributed by atoms with Gasteiger partial charge < -0.3 is 14.5 Å². The van der Waals surface area contributed by atoms with Gasteiger partial charge in [0.2, 0.25) is 0 Å². The van der Waals surface area contributed by atoms with Crippen LogP contribution in [-0.2, 0) is 4.74 Å². The molecule has 0 radical (unpaired) electrons. The van der Waals surface area contributed by atoms with Gasteiger partial charge in [0.1, 0.15) is 11.4 Å². The van der Waals surface area contributed by atoms with Gasteiger partial charge in [-0.2, -0.15) is 5.10 Å². The molecule has 1 aliphatic rings. The van der Waals surface area contributed by atoms with Gasteiger partial charge in [-0.05, 0) is 39.0 Å². The van der Waals surface area contributed by atoms with Gasteiger partial charge >= 0.3 is 6.09 Å². The van der Waals surface area contributed by atoms with Crippen molar-refractivity contribution in [2.45, 2.75) is 26.4 Å². The highest BCUT2D eigenvalue weighted by molar-refractivity contribution is 6.34. The Morgan fingerprint density at radius 3 is 2.55 bits per heavy atom. The molecule has 3 heterocycles. The maximum absolute atomic E-state index is 12.3. The zero-order valence-electron chi connectivity index (χ0n) is 16.8. The monoisotopic (exact) mass is 413 g/mol. The molecule has 152 valence electrons. The van der Waals surface area contributed by atoms with Crippen LogP contribution in [0.15, 0.2) is 42.6 Å². The molecule has 0 spiro atoms. The van der Waals surface area contributed by atoms with E-state index in [4.69, 9.17) is 16.3 Å². The van der Waals surface area contributed by atoms with Gasteiger partial charge in [0.15, 0.2) is 5.15 Å². The normalized spacial score (nSPS) is 15.0. The molecule has 3 aromatic rings.